The Labute approximate surface area is 101 Å². The Morgan fingerprint density at radius 1 is 1.19 bits per heavy atom. The second-order valence-corrected chi connectivity index (χ2v) is 4.49. The van der Waals surface area contributed by atoms with E-state index in [0.717, 1.165) is 18.3 Å². The summed E-state index contributed by atoms with van der Waals surface area (Å²) in [6.45, 7) is 10.6. The van der Waals surface area contributed by atoms with E-state index < -0.39 is 0 Å². The number of rotatable bonds is 9. The van der Waals surface area contributed by atoms with E-state index in [9.17, 15) is 0 Å². The number of hydrazine groups is 1. The third-order valence-electron chi connectivity index (χ3n) is 3.35. The van der Waals surface area contributed by atoms with Gasteiger partial charge < -0.3 is 0 Å². The molecule has 2 nitrogen and oxygen atoms in total. The summed E-state index contributed by atoms with van der Waals surface area (Å²) in [7, 11) is 2.03. The van der Waals surface area contributed by atoms with Crippen molar-refractivity contribution in [3.05, 3.63) is 12.8 Å². The molecule has 0 amide bonds. The molecular formula is C14H29N2+. The third kappa shape index (κ3) is 5.94. The smallest absolute Gasteiger partial charge is 0.170 e. The quantitative estimate of drug-likeness (QED) is 0.360. The Kier molecular flexibility index (Phi) is 8.97. The van der Waals surface area contributed by atoms with Crippen molar-refractivity contribution in [2.75, 3.05) is 7.05 Å². The highest BCUT2D eigenvalue weighted by Gasteiger charge is 2.17. The van der Waals surface area contributed by atoms with E-state index in [2.05, 4.69) is 39.0 Å². The number of hydrazone groups is 1. The molecule has 16 heavy (non-hydrogen) atoms. The van der Waals surface area contributed by atoms with Crippen LogP contribution in [0, 0.1) is 11.8 Å². The monoisotopic (exact) mass is 225 g/mol. The Morgan fingerprint density at radius 2 is 1.81 bits per heavy atom. The van der Waals surface area contributed by atoms with Crippen molar-refractivity contribution < 1.29 is 4.68 Å². The van der Waals surface area contributed by atoms with Crippen LogP contribution >= 0.6 is 0 Å². The summed E-state index contributed by atoms with van der Waals surface area (Å²) in [5.41, 5.74) is 3.06. The first-order valence-electron chi connectivity index (χ1n) is 6.62. The van der Waals surface area contributed by atoms with E-state index in [-0.39, 0.29) is 0 Å². The lowest BCUT2D eigenvalue weighted by molar-refractivity contribution is -0.545. The van der Waals surface area contributed by atoms with E-state index in [1.807, 2.05) is 11.7 Å². The van der Waals surface area contributed by atoms with Crippen molar-refractivity contribution >= 4 is 6.21 Å². The van der Waals surface area contributed by atoms with Crippen LogP contribution in [0.1, 0.15) is 52.9 Å². The molecule has 0 saturated heterocycles. The summed E-state index contributed by atoms with van der Waals surface area (Å²) in [4.78, 5) is 0. The highest BCUT2D eigenvalue weighted by molar-refractivity contribution is 5.51. The van der Waals surface area contributed by atoms with E-state index in [4.69, 9.17) is 0 Å². The van der Waals surface area contributed by atoms with Crippen LogP contribution in [0.2, 0.25) is 0 Å². The molecular weight excluding hydrogens is 196 g/mol. The second-order valence-electron chi connectivity index (χ2n) is 4.49. The van der Waals surface area contributed by atoms with Gasteiger partial charge in [-0.2, -0.15) is 5.43 Å². The van der Waals surface area contributed by atoms with E-state index in [0.29, 0.717) is 0 Å². The van der Waals surface area contributed by atoms with Crippen LogP contribution in [0.3, 0.4) is 0 Å². The molecule has 1 atom stereocenters. The predicted octanol–water partition coefficient (Wildman–Crippen LogP) is 3.59. The summed E-state index contributed by atoms with van der Waals surface area (Å²) >= 11 is 0. The SMILES string of the molecule is C=CN[N+](C)=CCC(CCC)C(CC)CC. The molecule has 0 rings (SSSR count). The Hall–Kier alpha value is -0.790. The van der Waals surface area contributed by atoms with Crippen molar-refractivity contribution in [1.82, 2.24) is 5.43 Å². The zero-order valence-electron chi connectivity index (χ0n) is 11.5. The van der Waals surface area contributed by atoms with Gasteiger partial charge in [0.1, 0.15) is 0 Å². The highest BCUT2D eigenvalue weighted by Crippen LogP contribution is 2.26. The molecule has 0 heterocycles. The fourth-order valence-electron chi connectivity index (χ4n) is 2.36. The van der Waals surface area contributed by atoms with Crippen LogP contribution in [-0.2, 0) is 0 Å². The van der Waals surface area contributed by atoms with E-state index in [1.54, 1.807) is 6.20 Å². The predicted molar refractivity (Wildman–Crippen MR) is 72.7 cm³/mol. The lowest BCUT2D eigenvalue weighted by Gasteiger charge is -2.22. The van der Waals surface area contributed by atoms with Crippen molar-refractivity contribution in [2.24, 2.45) is 11.8 Å². The van der Waals surface area contributed by atoms with Crippen molar-refractivity contribution in [3.63, 3.8) is 0 Å². The molecule has 1 N–H and O–H groups in total. The Bertz CT molecular complexity index is 205. The maximum Gasteiger partial charge on any atom is 0.170 e. The molecule has 0 aromatic rings. The molecule has 0 spiro atoms. The van der Waals surface area contributed by atoms with Gasteiger partial charge >= 0.3 is 0 Å². The van der Waals surface area contributed by atoms with Crippen LogP contribution in [0.5, 0.6) is 0 Å². The third-order valence-corrected chi connectivity index (χ3v) is 3.35. The second kappa shape index (κ2) is 9.44. The van der Waals surface area contributed by atoms with Crippen LogP contribution in [0.25, 0.3) is 0 Å². The van der Waals surface area contributed by atoms with E-state index in [1.165, 1.54) is 25.7 Å². The molecule has 2 heteroatoms. The van der Waals surface area contributed by atoms with Crippen molar-refractivity contribution in [2.45, 2.75) is 52.9 Å². The lowest BCUT2D eigenvalue weighted by Crippen LogP contribution is -2.23. The fraction of sp³-hybridized carbons (Fsp3) is 0.786. The van der Waals surface area contributed by atoms with Crippen molar-refractivity contribution in [1.29, 1.82) is 0 Å². The van der Waals surface area contributed by atoms with Crippen LogP contribution in [0.4, 0.5) is 0 Å². The van der Waals surface area contributed by atoms with Crippen LogP contribution in [-0.4, -0.2) is 17.9 Å². The van der Waals surface area contributed by atoms with Crippen LogP contribution in [0.15, 0.2) is 12.8 Å². The van der Waals surface area contributed by atoms with E-state index >= 15 is 0 Å². The first kappa shape index (κ1) is 15.2. The molecule has 0 aromatic heterocycles. The van der Waals surface area contributed by atoms with Crippen molar-refractivity contribution in [3.8, 4) is 0 Å². The Morgan fingerprint density at radius 3 is 2.25 bits per heavy atom. The molecule has 0 aliphatic rings. The van der Waals surface area contributed by atoms with Crippen LogP contribution < -0.4 is 5.43 Å². The Balaban J connectivity index is 4.31. The van der Waals surface area contributed by atoms with Gasteiger partial charge in [-0.25, -0.2) is 0 Å². The molecule has 0 bridgehead atoms. The maximum atomic E-state index is 3.66. The minimum atomic E-state index is 0.828. The number of hydrogen-bond donors (Lipinski definition) is 1. The van der Waals surface area contributed by atoms with Gasteiger partial charge in [-0.1, -0.05) is 46.6 Å². The summed E-state index contributed by atoms with van der Waals surface area (Å²) in [6.07, 6.45) is 10.3. The number of nitrogens with zero attached hydrogens (tertiary/aromatic N) is 1. The molecule has 1 unspecified atom stereocenters. The first-order chi connectivity index (χ1) is 7.69. The molecule has 94 valence electrons. The first-order valence-corrected chi connectivity index (χ1v) is 6.62. The minimum Gasteiger partial charge on any atom is -0.174 e. The number of hydrogen-bond acceptors (Lipinski definition) is 1. The van der Waals surface area contributed by atoms with Gasteiger partial charge in [0.25, 0.3) is 0 Å². The molecule has 0 radical (unpaired) electrons. The largest absolute Gasteiger partial charge is 0.174 e. The topological polar surface area (TPSA) is 15.0 Å². The highest BCUT2D eigenvalue weighted by atomic mass is 15.4. The average Bonchev–Trinajstić information content (AvgIpc) is 2.28. The molecule has 0 fully saturated rings. The molecule has 0 aliphatic carbocycles. The minimum absolute atomic E-state index is 0.828. The van der Waals surface area contributed by atoms with Gasteiger partial charge in [0, 0.05) is 6.42 Å². The summed E-state index contributed by atoms with van der Waals surface area (Å²) in [6, 6.07) is 0. The summed E-state index contributed by atoms with van der Waals surface area (Å²) in [5, 5.41) is 0. The zero-order valence-corrected chi connectivity index (χ0v) is 11.5. The molecule has 0 aliphatic heterocycles. The average molecular weight is 225 g/mol. The van der Waals surface area contributed by atoms with Gasteiger partial charge in [-0.3, -0.25) is 0 Å². The van der Waals surface area contributed by atoms with Gasteiger partial charge in [0.05, 0.1) is 6.20 Å². The standard InChI is InChI=1S/C14H29N2/c1-6-10-14(13(7-2)8-3)11-12-16(5)15-9-4/h9,12-15H,4,6-8,10-11H2,1-3,5H3/q+1. The van der Waals surface area contributed by atoms with Gasteiger partial charge in [-0.15, -0.1) is 4.68 Å². The van der Waals surface area contributed by atoms with Gasteiger partial charge in [-0.05, 0) is 18.3 Å². The molecule has 0 saturated carbocycles. The lowest BCUT2D eigenvalue weighted by atomic mass is 9.83. The molecule has 0 aromatic carbocycles. The normalized spacial score (nSPS) is 13.9. The fourth-order valence-corrected chi connectivity index (χ4v) is 2.36. The number of nitrogens with one attached hydrogen (secondary N) is 1. The van der Waals surface area contributed by atoms with Gasteiger partial charge in [0.15, 0.2) is 13.3 Å². The summed E-state index contributed by atoms with van der Waals surface area (Å²) in [5.74, 6) is 1.70. The zero-order chi connectivity index (χ0) is 12.4. The maximum absolute atomic E-state index is 3.66. The summed E-state index contributed by atoms with van der Waals surface area (Å²) < 4.78 is 2.00. The van der Waals surface area contributed by atoms with Gasteiger partial charge in [0.2, 0.25) is 0 Å².